The third kappa shape index (κ3) is 19.0. The zero-order valence-electron chi connectivity index (χ0n) is 54.6. The summed E-state index contributed by atoms with van der Waals surface area (Å²) in [6.07, 6.45) is 2.40. The number of rotatable bonds is 20. The number of nitrogens with two attached hydrogens (primary N) is 4. The number of nitrogens with one attached hydrogen (secondary N) is 10. The number of fused-ring (bicyclic) bond motifs is 4. The van der Waals surface area contributed by atoms with Crippen LogP contribution in [0.5, 0.6) is 0 Å². The van der Waals surface area contributed by atoms with Crippen molar-refractivity contribution in [1.82, 2.24) is 62.3 Å². The molecule has 0 bridgehead atoms. The molecule has 5 heterocycles. The van der Waals surface area contributed by atoms with Crippen molar-refractivity contribution >= 4 is 92.7 Å². The quantitative estimate of drug-likeness (QED) is 0.0471. The number of para-hydroxylation sites is 2. The zero-order chi connectivity index (χ0) is 69.8. The fourth-order valence-corrected chi connectivity index (χ4v) is 13.0. The van der Waals surface area contributed by atoms with E-state index >= 15 is 19.2 Å². The van der Waals surface area contributed by atoms with Gasteiger partial charge in [-0.05, 0) is 112 Å². The number of hydrogen-bond donors (Lipinski definition) is 14. The standard InChI is InChI=1S/C70H88N16O12/c71-31-11-23-49-61(89)81-53(37-43-39-75-47-21-9-7-19-45(43)47)65(93)83-55(35-41-15-3-1-4-16-41)69(97)85-33-13-25-57(85)67(95)79-51(27-29-59(73)87)63(91)78-50(24-12-32-72)62(90)82-54(38-44-40-76-48-22-10-8-20-46(44)48)66(94)84-56(36-42-17-5-2-6-18-42)70(98)86-34-14-26-58(86)68(96)80-52(64(92)77-49)28-30-60(74)88/h1-10,15-22,39-40,49-58,75-76H,11-14,23-38,71-72H2,(H2,73,87)(H2,74,88)(H,77,92)(H,78,91)(H,79,95)(H,80,96)(H,81,89)(H,82,90)(H,83,93)(H,84,94)/t49-,50-,51-,52-,53-,54-,55+,56+,57-,58-/m0/s1. The van der Waals surface area contributed by atoms with Crippen molar-refractivity contribution < 1.29 is 57.5 Å². The second kappa shape index (κ2) is 34.5. The number of carbonyl (C=O) groups is 12. The van der Waals surface area contributed by atoms with Gasteiger partial charge in [0.2, 0.25) is 70.9 Å². The maximum absolute atomic E-state index is 15.3. The highest BCUT2D eigenvalue weighted by atomic mass is 16.2. The Kier molecular flexibility index (Phi) is 25.2. The minimum atomic E-state index is -1.53. The molecular formula is C70H88N16O12. The van der Waals surface area contributed by atoms with Gasteiger partial charge in [-0.1, -0.05) is 97.1 Å². The average molecular weight is 1350 g/mol. The summed E-state index contributed by atoms with van der Waals surface area (Å²) < 4.78 is 0. The van der Waals surface area contributed by atoms with Crippen LogP contribution in [0.25, 0.3) is 21.8 Å². The van der Waals surface area contributed by atoms with Crippen molar-refractivity contribution in [2.75, 3.05) is 26.2 Å². The summed E-state index contributed by atoms with van der Waals surface area (Å²) in [4.78, 5) is 184. The molecule has 3 saturated heterocycles. The number of amides is 12. The molecule has 3 fully saturated rings. The highest BCUT2D eigenvalue weighted by Gasteiger charge is 2.43. The molecule has 2 aromatic heterocycles. The summed E-state index contributed by atoms with van der Waals surface area (Å²) in [5, 5.41) is 23.8. The number of hydrogen-bond acceptors (Lipinski definition) is 14. The van der Waals surface area contributed by atoms with E-state index in [-0.39, 0.29) is 103 Å². The monoisotopic (exact) mass is 1340 g/mol. The normalized spacial score (nSPS) is 23.9. The predicted molar refractivity (Wildman–Crippen MR) is 363 cm³/mol. The van der Waals surface area contributed by atoms with E-state index in [0.29, 0.717) is 45.9 Å². The molecule has 18 N–H and O–H groups in total. The minimum absolute atomic E-state index is 0.0316. The first-order valence-corrected chi connectivity index (χ1v) is 33.5. The number of primary amides is 2. The number of carbonyl (C=O) groups excluding carboxylic acids is 12. The number of aromatic amines is 2. The van der Waals surface area contributed by atoms with E-state index in [0.717, 1.165) is 11.0 Å². The van der Waals surface area contributed by atoms with Gasteiger partial charge in [-0.25, -0.2) is 0 Å². The highest BCUT2D eigenvalue weighted by Crippen LogP contribution is 2.26. The van der Waals surface area contributed by atoms with Crippen molar-refractivity contribution in [2.45, 2.75) is 163 Å². The van der Waals surface area contributed by atoms with Gasteiger partial charge in [0.1, 0.15) is 60.4 Å². The van der Waals surface area contributed by atoms with E-state index in [1.165, 1.54) is 9.80 Å². The van der Waals surface area contributed by atoms with Crippen LogP contribution in [0, 0.1) is 0 Å². The lowest BCUT2D eigenvalue weighted by atomic mass is 10.0. The van der Waals surface area contributed by atoms with Crippen LogP contribution < -0.4 is 65.5 Å². The topological polar surface area (TPSA) is 443 Å². The Labute approximate surface area is 566 Å². The van der Waals surface area contributed by atoms with Gasteiger partial charge in [0.15, 0.2) is 0 Å². The minimum Gasteiger partial charge on any atom is -0.370 e. The second-order valence-corrected chi connectivity index (χ2v) is 25.2. The van der Waals surface area contributed by atoms with Crippen LogP contribution in [0.4, 0.5) is 0 Å². The molecule has 0 saturated carbocycles. The Morgan fingerprint density at radius 3 is 1.06 bits per heavy atom. The molecule has 0 radical (unpaired) electrons. The molecule has 520 valence electrons. The predicted octanol–water partition coefficient (Wildman–Crippen LogP) is -0.197. The van der Waals surface area contributed by atoms with Gasteiger partial charge in [-0.3, -0.25) is 57.5 Å². The van der Waals surface area contributed by atoms with Gasteiger partial charge < -0.3 is 85.2 Å². The molecule has 6 aromatic rings. The molecule has 98 heavy (non-hydrogen) atoms. The number of benzene rings is 4. The number of H-pyrrole nitrogens is 2. The average Bonchev–Trinajstić information content (AvgIpc) is 1.58. The lowest BCUT2D eigenvalue weighted by Crippen LogP contribution is -2.61. The SMILES string of the molecule is NCCC[C@@H]1NC(=O)[C@H](CCC(N)=O)NC(=O)[C@@H]2CCCN2C(=O)[C@@H](Cc2ccccc2)NC(=O)[C@H](Cc2c[nH]c3ccccc23)NC(=O)[C@H](CCCN)NC(=O)[C@H](CCC(N)=O)NC(=O)[C@@H]2CCCN2C(=O)[C@@H](Cc2ccccc2)NC(=O)[C@H](Cc2c[nH]c3ccccc23)NC1=O. The van der Waals surface area contributed by atoms with Crippen LogP contribution >= 0.6 is 0 Å². The summed E-state index contributed by atoms with van der Waals surface area (Å²) in [6.45, 7) is 0.188. The smallest absolute Gasteiger partial charge is 0.246 e. The van der Waals surface area contributed by atoms with E-state index < -0.39 is 144 Å². The fraction of sp³-hybridized carbons (Fsp3) is 0.429. The van der Waals surface area contributed by atoms with Gasteiger partial charge in [-0.2, -0.15) is 0 Å². The Morgan fingerprint density at radius 2 is 0.694 bits per heavy atom. The lowest BCUT2D eigenvalue weighted by Gasteiger charge is -2.32. The van der Waals surface area contributed by atoms with Crippen molar-refractivity contribution in [3.05, 3.63) is 144 Å². The number of aromatic nitrogens is 2. The molecule has 0 unspecified atom stereocenters. The molecule has 3 aliphatic heterocycles. The van der Waals surface area contributed by atoms with Crippen molar-refractivity contribution in [3.8, 4) is 0 Å². The van der Waals surface area contributed by atoms with E-state index in [4.69, 9.17) is 22.9 Å². The third-order valence-corrected chi connectivity index (χ3v) is 18.2. The Hall–Kier alpha value is -10.5. The molecule has 0 spiro atoms. The van der Waals surface area contributed by atoms with Crippen molar-refractivity contribution in [2.24, 2.45) is 22.9 Å². The van der Waals surface area contributed by atoms with Crippen LogP contribution in [0.1, 0.15) is 99.3 Å². The molecule has 10 atom stereocenters. The van der Waals surface area contributed by atoms with E-state index in [2.05, 4.69) is 52.5 Å². The Morgan fingerprint density at radius 1 is 0.378 bits per heavy atom. The van der Waals surface area contributed by atoms with Gasteiger partial charge in [0.05, 0.1) is 0 Å². The maximum Gasteiger partial charge on any atom is 0.246 e. The molecule has 9 rings (SSSR count). The first-order chi connectivity index (χ1) is 47.3. The van der Waals surface area contributed by atoms with Crippen LogP contribution in [-0.2, 0) is 83.2 Å². The van der Waals surface area contributed by atoms with Gasteiger partial charge >= 0.3 is 0 Å². The first kappa shape index (κ1) is 71.8. The molecule has 28 nitrogen and oxygen atoms in total. The zero-order valence-corrected chi connectivity index (χ0v) is 54.6. The van der Waals surface area contributed by atoms with Crippen LogP contribution in [0.2, 0.25) is 0 Å². The first-order valence-electron chi connectivity index (χ1n) is 33.5. The van der Waals surface area contributed by atoms with Crippen molar-refractivity contribution in [3.63, 3.8) is 0 Å². The molecule has 3 aliphatic rings. The van der Waals surface area contributed by atoms with E-state index in [9.17, 15) is 38.4 Å². The largest absolute Gasteiger partial charge is 0.370 e. The third-order valence-electron chi connectivity index (χ3n) is 18.2. The summed E-state index contributed by atoms with van der Waals surface area (Å²) in [5.74, 6) is -9.76. The summed E-state index contributed by atoms with van der Waals surface area (Å²) >= 11 is 0. The summed E-state index contributed by atoms with van der Waals surface area (Å²) in [6, 6.07) is 18.0. The molecular weight excluding hydrogens is 1260 g/mol. The highest BCUT2D eigenvalue weighted by molar-refractivity contribution is 6.01. The van der Waals surface area contributed by atoms with Crippen LogP contribution in [0.15, 0.2) is 122 Å². The van der Waals surface area contributed by atoms with Crippen LogP contribution in [-0.4, -0.2) is 177 Å². The summed E-state index contributed by atoms with van der Waals surface area (Å²) in [5.41, 5.74) is 27.1. The second-order valence-electron chi connectivity index (χ2n) is 25.2. The van der Waals surface area contributed by atoms with E-state index in [1.54, 1.807) is 85.2 Å². The van der Waals surface area contributed by atoms with Gasteiger partial charge in [0, 0.05) is 85.8 Å². The van der Waals surface area contributed by atoms with Crippen molar-refractivity contribution in [1.29, 1.82) is 0 Å². The van der Waals surface area contributed by atoms with E-state index in [1.807, 2.05) is 36.4 Å². The summed E-state index contributed by atoms with van der Waals surface area (Å²) in [7, 11) is 0. The lowest BCUT2D eigenvalue weighted by molar-refractivity contribution is -0.143. The fourth-order valence-electron chi connectivity index (χ4n) is 13.0. The maximum atomic E-state index is 15.3. The molecule has 0 aliphatic carbocycles. The number of nitrogens with zero attached hydrogens (tertiary/aromatic N) is 2. The van der Waals surface area contributed by atoms with Gasteiger partial charge in [0.25, 0.3) is 0 Å². The molecule has 4 aromatic carbocycles. The Balaban J connectivity index is 1.12. The van der Waals surface area contributed by atoms with Gasteiger partial charge in [-0.15, -0.1) is 0 Å². The molecule has 12 amide bonds. The van der Waals surface area contributed by atoms with Crippen LogP contribution in [0.3, 0.4) is 0 Å². The molecule has 28 heteroatoms. The Bertz CT molecular complexity index is 3600.